The average molecular weight is 235 g/mol. The lowest BCUT2D eigenvalue weighted by atomic mass is 10.3. The summed E-state index contributed by atoms with van der Waals surface area (Å²) in [6.07, 6.45) is 1.38. The number of methoxy groups -OCH3 is 2. The molecule has 5 nitrogen and oxygen atoms in total. The fourth-order valence-electron chi connectivity index (χ4n) is 1.13. The van der Waals surface area contributed by atoms with Crippen molar-refractivity contribution < 1.29 is 21.8 Å². The van der Waals surface area contributed by atoms with Crippen molar-refractivity contribution in [1.82, 2.24) is 4.98 Å². The van der Waals surface area contributed by atoms with E-state index in [1.807, 2.05) is 0 Å². The largest absolute Gasteiger partial charge is 0.496 e. The molecular formula is C8H10FNO4S. The van der Waals surface area contributed by atoms with Crippen molar-refractivity contribution in [2.24, 2.45) is 0 Å². The minimum atomic E-state index is -4.64. The van der Waals surface area contributed by atoms with Gasteiger partial charge in [-0.15, -0.1) is 3.89 Å². The Kier molecular flexibility index (Phi) is 3.46. The first-order chi connectivity index (χ1) is 6.98. The molecule has 1 heterocycles. The molecule has 0 aliphatic heterocycles. The second-order valence-electron chi connectivity index (χ2n) is 2.68. The van der Waals surface area contributed by atoms with Gasteiger partial charge in [0, 0.05) is 6.20 Å². The molecule has 0 fully saturated rings. The molecule has 0 amide bonds. The van der Waals surface area contributed by atoms with Crippen molar-refractivity contribution in [2.45, 2.75) is 5.75 Å². The maximum atomic E-state index is 12.5. The molecular weight excluding hydrogens is 225 g/mol. The highest BCUT2D eigenvalue weighted by atomic mass is 32.3. The van der Waals surface area contributed by atoms with E-state index in [2.05, 4.69) is 4.98 Å². The molecule has 7 heteroatoms. The van der Waals surface area contributed by atoms with Crippen LogP contribution in [0.2, 0.25) is 0 Å². The van der Waals surface area contributed by atoms with Crippen LogP contribution in [0.25, 0.3) is 0 Å². The van der Waals surface area contributed by atoms with Gasteiger partial charge < -0.3 is 9.47 Å². The van der Waals surface area contributed by atoms with E-state index >= 15 is 0 Å². The van der Waals surface area contributed by atoms with Gasteiger partial charge in [0.15, 0.2) is 0 Å². The van der Waals surface area contributed by atoms with Crippen LogP contribution < -0.4 is 9.47 Å². The molecule has 0 saturated carbocycles. The van der Waals surface area contributed by atoms with Crippen molar-refractivity contribution in [2.75, 3.05) is 14.2 Å². The number of ether oxygens (including phenoxy) is 2. The van der Waals surface area contributed by atoms with E-state index in [9.17, 15) is 12.3 Å². The van der Waals surface area contributed by atoms with Gasteiger partial charge in [-0.25, -0.2) is 4.98 Å². The minimum Gasteiger partial charge on any atom is -0.496 e. The van der Waals surface area contributed by atoms with Crippen LogP contribution >= 0.6 is 0 Å². The van der Waals surface area contributed by atoms with Crippen LogP contribution in [0, 0.1) is 0 Å². The molecule has 0 unspecified atom stereocenters. The summed E-state index contributed by atoms with van der Waals surface area (Å²) >= 11 is 0. The fourth-order valence-corrected chi connectivity index (χ4v) is 1.74. The SMILES string of the molecule is COc1ccnc(OC)c1CS(=O)(=O)F. The number of nitrogens with zero attached hydrogens (tertiary/aromatic N) is 1. The molecule has 0 aromatic carbocycles. The first-order valence-corrected chi connectivity index (χ1v) is 5.51. The zero-order valence-corrected chi connectivity index (χ0v) is 9.04. The molecule has 0 radical (unpaired) electrons. The number of hydrogen-bond acceptors (Lipinski definition) is 5. The number of rotatable bonds is 4. The van der Waals surface area contributed by atoms with Gasteiger partial charge in [-0.05, 0) is 6.07 Å². The molecule has 84 valence electrons. The van der Waals surface area contributed by atoms with Crippen LogP contribution in [0.5, 0.6) is 11.6 Å². The molecule has 0 aliphatic rings. The van der Waals surface area contributed by atoms with Crippen LogP contribution in [0.15, 0.2) is 12.3 Å². The van der Waals surface area contributed by atoms with E-state index in [1.54, 1.807) is 0 Å². The third-order valence-electron chi connectivity index (χ3n) is 1.70. The van der Waals surface area contributed by atoms with E-state index in [0.29, 0.717) is 0 Å². The van der Waals surface area contributed by atoms with E-state index in [4.69, 9.17) is 9.47 Å². The van der Waals surface area contributed by atoms with Gasteiger partial charge in [0.2, 0.25) is 5.88 Å². The normalized spacial score (nSPS) is 11.1. The van der Waals surface area contributed by atoms with Gasteiger partial charge in [-0.3, -0.25) is 0 Å². The lowest BCUT2D eigenvalue weighted by Gasteiger charge is -2.09. The van der Waals surface area contributed by atoms with E-state index in [0.717, 1.165) is 0 Å². The van der Waals surface area contributed by atoms with Gasteiger partial charge in [0.05, 0.1) is 19.8 Å². The summed E-state index contributed by atoms with van der Waals surface area (Å²) in [4.78, 5) is 3.76. The van der Waals surface area contributed by atoms with Crippen molar-refractivity contribution in [1.29, 1.82) is 0 Å². The predicted octanol–water partition coefficient (Wildman–Crippen LogP) is 0.898. The average Bonchev–Trinajstić information content (AvgIpc) is 2.16. The molecule has 1 aromatic rings. The second-order valence-corrected chi connectivity index (χ2v) is 4.05. The Morgan fingerprint density at radius 1 is 1.40 bits per heavy atom. The standard InChI is InChI=1S/C8H10FNO4S/c1-13-7-3-4-10-8(14-2)6(7)5-15(9,11)12/h3-4H,5H2,1-2H3. The third kappa shape index (κ3) is 3.05. The molecule has 1 rings (SSSR count). The highest BCUT2D eigenvalue weighted by molar-refractivity contribution is 7.85. The summed E-state index contributed by atoms with van der Waals surface area (Å²) in [5.74, 6) is -0.550. The number of pyridine rings is 1. The molecule has 0 saturated heterocycles. The highest BCUT2D eigenvalue weighted by Gasteiger charge is 2.18. The highest BCUT2D eigenvalue weighted by Crippen LogP contribution is 2.28. The van der Waals surface area contributed by atoms with Gasteiger partial charge in [-0.2, -0.15) is 8.42 Å². The number of hydrogen-bond donors (Lipinski definition) is 0. The van der Waals surface area contributed by atoms with Crippen LogP contribution in [-0.4, -0.2) is 27.6 Å². The maximum Gasteiger partial charge on any atom is 0.306 e. The molecule has 1 aromatic heterocycles. The summed E-state index contributed by atoms with van der Waals surface area (Å²) in [5, 5.41) is 0. The first kappa shape index (κ1) is 11.7. The summed E-state index contributed by atoms with van der Waals surface area (Å²) in [7, 11) is -1.98. The Morgan fingerprint density at radius 2 is 2.07 bits per heavy atom. The van der Waals surface area contributed by atoms with E-state index < -0.39 is 16.0 Å². The zero-order valence-electron chi connectivity index (χ0n) is 8.23. The van der Waals surface area contributed by atoms with Gasteiger partial charge in [-0.1, -0.05) is 0 Å². The lowest BCUT2D eigenvalue weighted by Crippen LogP contribution is -2.03. The molecule has 0 spiro atoms. The van der Waals surface area contributed by atoms with Crippen molar-refractivity contribution in [3.63, 3.8) is 0 Å². The molecule has 15 heavy (non-hydrogen) atoms. The fraction of sp³-hybridized carbons (Fsp3) is 0.375. The van der Waals surface area contributed by atoms with Crippen molar-refractivity contribution in [3.05, 3.63) is 17.8 Å². The Bertz CT molecular complexity index is 424. The Balaban J connectivity index is 3.22. The lowest BCUT2D eigenvalue weighted by molar-refractivity contribution is 0.375. The van der Waals surface area contributed by atoms with Gasteiger partial charge >= 0.3 is 10.2 Å². The topological polar surface area (TPSA) is 65.5 Å². The quantitative estimate of drug-likeness (QED) is 0.725. The van der Waals surface area contributed by atoms with Crippen LogP contribution in [0.3, 0.4) is 0 Å². The summed E-state index contributed by atoms with van der Waals surface area (Å²) < 4.78 is 43.3. The predicted molar refractivity (Wildman–Crippen MR) is 51.1 cm³/mol. The summed E-state index contributed by atoms with van der Waals surface area (Å²) in [5.41, 5.74) is 0.0741. The Labute approximate surface area is 87.1 Å². The third-order valence-corrected chi connectivity index (χ3v) is 2.34. The Morgan fingerprint density at radius 3 is 2.53 bits per heavy atom. The molecule has 0 atom stereocenters. The maximum absolute atomic E-state index is 12.5. The van der Waals surface area contributed by atoms with Gasteiger partial charge in [0.1, 0.15) is 11.5 Å². The van der Waals surface area contributed by atoms with Gasteiger partial charge in [0.25, 0.3) is 0 Å². The minimum absolute atomic E-state index is 0.0376. The van der Waals surface area contributed by atoms with Crippen molar-refractivity contribution in [3.8, 4) is 11.6 Å². The summed E-state index contributed by atoms with van der Waals surface area (Å²) in [6, 6.07) is 1.43. The van der Waals surface area contributed by atoms with Crippen molar-refractivity contribution >= 4 is 10.2 Å². The van der Waals surface area contributed by atoms with E-state index in [-0.39, 0.29) is 17.2 Å². The zero-order chi connectivity index (χ0) is 11.5. The number of aromatic nitrogens is 1. The summed E-state index contributed by atoms with van der Waals surface area (Å²) in [6.45, 7) is 0. The first-order valence-electron chi connectivity index (χ1n) is 3.96. The smallest absolute Gasteiger partial charge is 0.306 e. The van der Waals surface area contributed by atoms with Crippen LogP contribution in [-0.2, 0) is 16.0 Å². The molecule has 0 N–H and O–H groups in total. The van der Waals surface area contributed by atoms with E-state index in [1.165, 1.54) is 26.5 Å². The monoisotopic (exact) mass is 235 g/mol. The second kappa shape index (κ2) is 4.43. The Hall–Kier alpha value is -1.37. The molecule has 0 bridgehead atoms. The molecule has 0 aliphatic carbocycles. The number of halogens is 1. The van der Waals surface area contributed by atoms with Crippen LogP contribution in [0.1, 0.15) is 5.56 Å². The van der Waals surface area contributed by atoms with Crippen LogP contribution in [0.4, 0.5) is 3.89 Å².